The number of unbranched alkanes of at least 4 members (excludes halogenated alkanes) is 1. The van der Waals surface area contributed by atoms with Gasteiger partial charge in [0.2, 0.25) is 0 Å². The molecule has 0 aliphatic heterocycles. The Labute approximate surface area is 99.6 Å². The van der Waals surface area contributed by atoms with Gasteiger partial charge >= 0.3 is 0 Å². The number of carbonyl (C=O) groups excluding carboxylic acids is 1. The summed E-state index contributed by atoms with van der Waals surface area (Å²) < 4.78 is 0. The van der Waals surface area contributed by atoms with Crippen molar-refractivity contribution in [3.8, 4) is 0 Å². The molecular weight excluding hydrogens is 222 g/mol. The van der Waals surface area contributed by atoms with Gasteiger partial charge in [-0.2, -0.15) is 0 Å². The SMILES string of the molecule is CCCCC(=O)c1cc2cc(Cl)ccc2[nH]1. The Kier molecular flexibility index (Phi) is 3.30. The first-order valence-corrected chi connectivity index (χ1v) is 5.90. The van der Waals surface area contributed by atoms with E-state index in [1.54, 1.807) is 0 Å². The third kappa shape index (κ3) is 2.27. The lowest BCUT2D eigenvalue weighted by molar-refractivity contribution is 0.0976. The maximum atomic E-state index is 11.8. The zero-order chi connectivity index (χ0) is 11.5. The Hall–Kier alpha value is -1.28. The number of nitrogens with one attached hydrogen (secondary N) is 1. The summed E-state index contributed by atoms with van der Waals surface area (Å²) in [5.41, 5.74) is 1.65. The van der Waals surface area contributed by atoms with Crippen LogP contribution in [0.3, 0.4) is 0 Å². The molecule has 0 unspecified atom stereocenters. The van der Waals surface area contributed by atoms with E-state index in [4.69, 9.17) is 11.6 Å². The van der Waals surface area contributed by atoms with Gasteiger partial charge in [0, 0.05) is 22.3 Å². The zero-order valence-electron chi connectivity index (χ0n) is 9.22. The Balaban J connectivity index is 2.28. The molecule has 2 aromatic rings. The normalized spacial score (nSPS) is 10.9. The van der Waals surface area contributed by atoms with Gasteiger partial charge in [-0.15, -0.1) is 0 Å². The summed E-state index contributed by atoms with van der Waals surface area (Å²) in [4.78, 5) is 14.9. The number of fused-ring (bicyclic) bond motifs is 1. The van der Waals surface area contributed by atoms with E-state index in [0.717, 1.165) is 23.7 Å². The van der Waals surface area contributed by atoms with Crippen LogP contribution in [-0.2, 0) is 0 Å². The standard InChI is InChI=1S/C13H14ClNO/c1-2-3-4-13(16)12-8-9-7-10(14)5-6-11(9)15-12/h5-8,15H,2-4H2,1H3. The summed E-state index contributed by atoms with van der Waals surface area (Å²) in [5, 5.41) is 1.69. The lowest BCUT2D eigenvalue weighted by atomic mass is 10.1. The van der Waals surface area contributed by atoms with Crippen molar-refractivity contribution in [2.45, 2.75) is 26.2 Å². The second-order valence-electron chi connectivity index (χ2n) is 3.94. The summed E-state index contributed by atoms with van der Waals surface area (Å²) in [6, 6.07) is 7.46. The second kappa shape index (κ2) is 4.71. The number of hydrogen-bond donors (Lipinski definition) is 1. The van der Waals surface area contributed by atoms with Gasteiger partial charge < -0.3 is 4.98 Å². The second-order valence-corrected chi connectivity index (χ2v) is 4.38. The zero-order valence-corrected chi connectivity index (χ0v) is 9.97. The van der Waals surface area contributed by atoms with E-state index in [-0.39, 0.29) is 5.78 Å². The number of hydrogen-bond acceptors (Lipinski definition) is 1. The highest BCUT2D eigenvalue weighted by atomic mass is 35.5. The average molecular weight is 236 g/mol. The van der Waals surface area contributed by atoms with Gasteiger partial charge in [-0.1, -0.05) is 24.9 Å². The van der Waals surface area contributed by atoms with Crippen molar-refractivity contribution in [2.75, 3.05) is 0 Å². The summed E-state index contributed by atoms with van der Waals surface area (Å²) in [5.74, 6) is 0.175. The molecule has 84 valence electrons. The van der Waals surface area contributed by atoms with Crippen molar-refractivity contribution in [3.63, 3.8) is 0 Å². The van der Waals surface area contributed by atoms with Gasteiger partial charge in [0.15, 0.2) is 5.78 Å². The predicted molar refractivity (Wildman–Crippen MR) is 67.2 cm³/mol. The average Bonchev–Trinajstić information content (AvgIpc) is 2.68. The van der Waals surface area contributed by atoms with Gasteiger partial charge in [-0.25, -0.2) is 0 Å². The smallest absolute Gasteiger partial charge is 0.179 e. The number of aromatic nitrogens is 1. The molecular formula is C13H14ClNO. The van der Waals surface area contributed by atoms with Gasteiger partial charge in [-0.05, 0) is 30.7 Å². The van der Waals surface area contributed by atoms with E-state index in [1.807, 2.05) is 24.3 Å². The molecule has 3 heteroatoms. The highest BCUT2D eigenvalue weighted by molar-refractivity contribution is 6.31. The third-order valence-corrected chi connectivity index (χ3v) is 2.88. The maximum Gasteiger partial charge on any atom is 0.179 e. The van der Waals surface area contributed by atoms with E-state index in [1.165, 1.54) is 0 Å². The number of H-pyrrole nitrogens is 1. The molecule has 0 fully saturated rings. The summed E-state index contributed by atoms with van der Waals surface area (Å²) in [6.45, 7) is 2.08. The van der Waals surface area contributed by atoms with E-state index in [2.05, 4.69) is 11.9 Å². The van der Waals surface area contributed by atoms with Crippen molar-refractivity contribution < 1.29 is 4.79 Å². The quantitative estimate of drug-likeness (QED) is 0.792. The predicted octanol–water partition coefficient (Wildman–Crippen LogP) is 4.19. The van der Waals surface area contributed by atoms with Crippen LogP contribution < -0.4 is 0 Å². The first-order valence-electron chi connectivity index (χ1n) is 5.52. The first kappa shape index (κ1) is 11.2. The molecule has 1 N–H and O–H groups in total. The van der Waals surface area contributed by atoms with Crippen LogP contribution in [0, 0.1) is 0 Å². The van der Waals surface area contributed by atoms with E-state index < -0.39 is 0 Å². The largest absolute Gasteiger partial charge is 0.352 e. The molecule has 16 heavy (non-hydrogen) atoms. The first-order chi connectivity index (χ1) is 7.70. The Bertz CT molecular complexity index is 516. The van der Waals surface area contributed by atoms with E-state index in [0.29, 0.717) is 17.1 Å². The van der Waals surface area contributed by atoms with Gasteiger partial charge in [0.1, 0.15) is 0 Å². The van der Waals surface area contributed by atoms with Crippen LogP contribution >= 0.6 is 11.6 Å². The summed E-state index contributed by atoms with van der Waals surface area (Å²) in [6.07, 6.45) is 2.59. The number of ketones is 1. The van der Waals surface area contributed by atoms with Crippen molar-refractivity contribution in [1.82, 2.24) is 4.98 Å². The number of carbonyl (C=O) groups is 1. The maximum absolute atomic E-state index is 11.8. The minimum absolute atomic E-state index is 0.175. The lowest BCUT2D eigenvalue weighted by Gasteiger charge is -1.94. The number of Topliss-reactive ketones (excluding diaryl/α,β-unsaturated/α-hetero) is 1. The monoisotopic (exact) mass is 235 g/mol. The minimum atomic E-state index is 0.175. The molecule has 2 nitrogen and oxygen atoms in total. The van der Waals surface area contributed by atoms with Crippen LogP contribution in [0.25, 0.3) is 10.9 Å². The molecule has 0 aliphatic rings. The topological polar surface area (TPSA) is 32.9 Å². The summed E-state index contributed by atoms with van der Waals surface area (Å²) in [7, 11) is 0. The van der Waals surface area contributed by atoms with Crippen LogP contribution in [0.5, 0.6) is 0 Å². The van der Waals surface area contributed by atoms with Crippen LogP contribution in [0.4, 0.5) is 0 Å². The highest BCUT2D eigenvalue weighted by Crippen LogP contribution is 2.21. The van der Waals surface area contributed by atoms with E-state index in [9.17, 15) is 4.79 Å². The van der Waals surface area contributed by atoms with Crippen molar-refractivity contribution in [3.05, 3.63) is 35.0 Å². The molecule has 0 radical (unpaired) electrons. The number of rotatable bonds is 4. The van der Waals surface area contributed by atoms with Gasteiger partial charge in [-0.3, -0.25) is 4.79 Å². The highest BCUT2D eigenvalue weighted by Gasteiger charge is 2.08. The molecule has 1 aromatic heterocycles. The fraction of sp³-hybridized carbons (Fsp3) is 0.308. The number of aromatic amines is 1. The molecule has 1 aromatic carbocycles. The molecule has 0 amide bonds. The Morgan fingerprint density at radius 2 is 2.19 bits per heavy atom. The third-order valence-electron chi connectivity index (χ3n) is 2.64. The van der Waals surface area contributed by atoms with Crippen LogP contribution in [0.1, 0.15) is 36.7 Å². The molecule has 0 bridgehead atoms. The molecule has 0 aliphatic carbocycles. The fourth-order valence-corrected chi connectivity index (χ4v) is 1.91. The fourth-order valence-electron chi connectivity index (χ4n) is 1.73. The van der Waals surface area contributed by atoms with Crippen molar-refractivity contribution in [2.24, 2.45) is 0 Å². The molecule has 0 saturated carbocycles. The Morgan fingerprint density at radius 1 is 1.38 bits per heavy atom. The molecule has 2 rings (SSSR count). The molecule has 0 atom stereocenters. The van der Waals surface area contributed by atoms with Crippen molar-refractivity contribution >= 4 is 28.3 Å². The van der Waals surface area contributed by atoms with Crippen LogP contribution in [-0.4, -0.2) is 10.8 Å². The minimum Gasteiger partial charge on any atom is -0.352 e. The van der Waals surface area contributed by atoms with E-state index >= 15 is 0 Å². The molecule has 0 saturated heterocycles. The summed E-state index contributed by atoms with van der Waals surface area (Å²) >= 11 is 5.89. The molecule has 1 heterocycles. The number of benzene rings is 1. The van der Waals surface area contributed by atoms with Crippen LogP contribution in [0.15, 0.2) is 24.3 Å². The lowest BCUT2D eigenvalue weighted by Crippen LogP contribution is -1.98. The number of halogens is 1. The molecule has 0 spiro atoms. The van der Waals surface area contributed by atoms with Crippen LogP contribution in [0.2, 0.25) is 5.02 Å². The van der Waals surface area contributed by atoms with Gasteiger partial charge in [0.05, 0.1) is 5.69 Å². The van der Waals surface area contributed by atoms with Crippen molar-refractivity contribution in [1.29, 1.82) is 0 Å². The Morgan fingerprint density at radius 3 is 2.94 bits per heavy atom. The van der Waals surface area contributed by atoms with Gasteiger partial charge in [0.25, 0.3) is 0 Å².